The van der Waals surface area contributed by atoms with Crippen molar-refractivity contribution in [2.24, 2.45) is 0 Å². The molecule has 0 saturated heterocycles. The number of aliphatic hydroxyl groups is 1. The molecule has 0 fully saturated rings. The van der Waals surface area contributed by atoms with Crippen LogP contribution < -0.4 is 5.32 Å². The van der Waals surface area contributed by atoms with Crippen LogP contribution in [0.25, 0.3) is 5.69 Å². The van der Waals surface area contributed by atoms with E-state index in [-0.39, 0.29) is 17.8 Å². The van der Waals surface area contributed by atoms with E-state index in [1.54, 1.807) is 18.5 Å². The fourth-order valence-electron chi connectivity index (χ4n) is 1.99. The maximum atomic E-state index is 14.0. The number of aromatic nitrogens is 2. The smallest absolute Gasteiger partial charge is 0.251 e. The highest BCUT2D eigenvalue weighted by molar-refractivity contribution is 5.94. The Balaban J connectivity index is 2.04. The van der Waals surface area contributed by atoms with E-state index in [0.29, 0.717) is 6.42 Å². The van der Waals surface area contributed by atoms with Crippen LogP contribution in [0.4, 0.5) is 4.39 Å². The van der Waals surface area contributed by atoms with Crippen LogP contribution in [-0.4, -0.2) is 33.4 Å². The van der Waals surface area contributed by atoms with Gasteiger partial charge in [0.2, 0.25) is 0 Å². The van der Waals surface area contributed by atoms with Gasteiger partial charge in [0, 0.05) is 24.5 Å². The summed E-state index contributed by atoms with van der Waals surface area (Å²) in [5.74, 6) is -0.934. The Bertz CT molecular complexity index is 599. The van der Waals surface area contributed by atoms with Gasteiger partial charge in [-0.1, -0.05) is 13.3 Å². The first kappa shape index (κ1) is 15.2. The highest BCUT2D eigenvalue weighted by atomic mass is 19.1. The zero-order valence-corrected chi connectivity index (χ0v) is 11.8. The van der Waals surface area contributed by atoms with E-state index in [2.05, 4.69) is 10.4 Å². The summed E-state index contributed by atoms with van der Waals surface area (Å²) in [6.45, 7) is 2.11. The molecule has 1 amide bonds. The van der Waals surface area contributed by atoms with E-state index < -0.39 is 17.8 Å². The van der Waals surface area contributed by atoms with Crippen LogP contribution in [0.2, 0.25) is 0 Å². The van der Waals surface area contributed by atoms with E-state index >= 15 is 0 Å². The molecule has 5 nitrogen and oxygen atoms in total. The number of halogens is 1. The van der Waals surface area contributed by atoms with Gasteiger partial charge in [0.25, 0.3) is 5.91 Å². The number of hydrogen-bond donors (Lipinski definition) is 2. The molecule has 0 aliphatic carbocycles. The van der Waals surface area contributed by atoms with E-state index in [4.69, 9.17) is 0 Å². The van der Waals surface area contributed by atoms with Gasteiger partial charge < -0.3 is 10.4 Å². The summed E-state index contributed by atoms with van der Waals surface area (Å²) in [5, 5.41) is 16.1. The van der Waals surface area contributed by atoms with Crippen LogP contribution in [0.15, 0.2) is 36.7 Å². The number of amides is 1. The molecule has 0 spiro atoms. The molecule has 2 aromatic rings. The van der Waals surface area contributed by atoms with Crippen molar-refractivity contribution in [3.05, 3.63) is 48.0 Å². The number of nitrogens with one attached hydrogen (secondary N) is 1. The standard InChI is InChI=1S/C15H18FN3O2/c1-2-4-12(20)10-17-15(21)11-5-6-14(13(16)9-11)19-8-3-7-18-19/h3,5-9,12,20H,2,4,10H2,1H3,(H,17,21). The van der Waals surface area contributed by atoms with Gasteiger partial charge in [0.05, 0.1) is 6.10 Å². The lowest BCUT2D eigenvalue weighted by Crippen LogP contribution is -2.32. The van der Waals surface area contributed by atoms with Crippen molar-refractivity contribution < 1.29 is 14.3 Å². The van der Waals surface area contributed by atoms with Crippen molar-refractivity contribution in [2.75, 3.05) is 6.54 Å². The Morgan fingerprint density at radius 1 is 1.52 bits per heavy atom. The summed E-state index contributed by atoms with van der Waals surface area (Å²) in [4.78, 5) is 11.9. The van der Waals surface area contributed by atoms with Crippen LogP contribution in [0, 0.1) is 5.82 Å². The van der Waals surface area contributed by atoms with E-state index in [0.717, 1.165) is 6.42 Å². The fourth-order valence-corrected chi connectivity index (χ4v) is 1.99. The molecule has 1 heterocycles. The zero-order chi connectivity index (χ0) is 15.2. The maximum absolute atomic E-state index is 14.0. The summed E-state index contributed by atoms with van der Waals surface area (Å²) < 4.78 is 15.4. The number of aliphatic hydroxyl groups excluding tert-OH is 1. The highest BCUT2D eigenvalue weighted by Gasteiger charge is 2.12. The number of hydrogen-bond acceptors (Lipinski definition) is 3. The van der Waals surface area contributed by atoms with E-state index in [9.17, 15) is 14.3 Å². The van der Waals surface area contributed by atoms with Gasteiger partial charge in [-0.3, -0.25) is 4.79 Å². The van der Waals surface area contributed by atoms with Gasteiger partial charge in [0.1, 0.15) is 11.5 Å². The van der Waals surface area contributed by atoms with Crippen molar-refractivity contribution in [1.82, 2.24) is 15.1 Å². The number of carbonyl (C=O) groups is 1. The van der Waals surface area contributed by atoms with Crippen LogP contribution in [0.1, 0.15) is 30.1 Å². The van der Waals surface area contributed by atoms with Gasteiger partial charge in [0.15, 0.2) is 0 Å². The second-order valence-electron chi connectivity index (χ2n) is 4.77. The molecule has 1 unspecified atom stereocenters. The van der Waals surface area contributed by atoms with E-state index in [1.807, 2.05) is 6.92 Å². The molecule has 21 heavy (non-hydrogen) atoms. The van der Waals surface area contributed by atoms with Gasteiger partial charge >= 0.3 is 0 Å². The third-order valence-electron chi connectivity index (χ3n) is 3.08. The van der Waals surface area contributed by atoms with Crippen molar-refractivity contribution in [3.63, 3.8) is 0 Å². The van der Waals surface area contributed by atoms with Gasteiger partial charge in [-0.25, -0.2) is 9.07 Å². The average molecular weight is 291 g/mol. The van der Waals surface area contributed by atoms with Gasteiger partial charge in [-0.15, -0.1) is 0 Å². The predicted octanol–water partition coefficient (Wildman–Crippen LogP) is 1.90. The largest absolute Gasteiger partial charge is 0.391 e. The summed E-state index contributed by atoms with van der Waals surface area (Å²) in [6, 6.07) is 5.88. The third kappa shape index (κ3) is 3.88. The zero-order valence-electron chi connectivity index (χ0n) is 11.8. The Labute approximate surface area is 122 Å². The first-order chi connectivity index (χ1) is 10.1. The van der Waals surface area contributed by atoms with Crippen LogP contribution in [0.3, 0.4) is 0 Å². The van der Waals surface area contributed by atoms with Gasteiger partial charge in [-0.05, 0) is 30.7 Å². The monoisotopic (exact) mass is 291 g/mol. The number of benzene rings is 1. The quantitative estimate of drug-likeness (QED) is 0.854. The minimum atomic E-state index is -0.577. The lowest BCUT2D eigenvalue weighted by atomic mass is 10.1. The molecule has 112 valence electrons. The molecule has 0 aliphatic rings. The summed E-state index contributed by atoms with van der Waals surface area (Å²) >= 11 is 0. The van der Waals surface area contributed by atoms with Crippen LogP contribution in [-0.2, 0) is 0 Å². The molecular formula is C15H18FN3O2. The molecule has 0 bridgehead atoms. The second kappa shape index (κ2) is 6.99. The number of rotatable bonds is 6. The van der Waals surface area contributed by atoms with Crippen molar-refractivity contribution in [2.45, 2.75) is 25.9 Å². The summed E-state index contributed by atoms with van der Waals surface area (Å²) in [6.07, 6.45) is 4.05. The number of carbonyl (C=O) groups excluding carboxylic acids is 1. The van der Waals surface area contributed by atoms with Crippen LogP contribution >= 0.6 is 0 Å². The molecule has 1 atom stereocenters. The van der Waals surface area contributed by atoms with Crippen molar-refractivity contribution in [3.8, 4) is 5.69 Å². The van der Waals surface area contributed by atoms with Crippen molar-refractivity contribution >= 4 is 5.91 Å². The van der Waals surface area contributed by atoms with Crippen LogP contribution in [0.5, 0.6) is 0 Å². The minimum absolute atomic E-state index is 0.162. The first-order valence-corrected chi connectivity index (χ1v) is 6.87. The fraction of sp³-hybridized carbons (Fsp3) is 0.333. The molecular weight excluding hydrogens is 273 g/mol. The average Bonchev–Trinajstić information content (AvgIpc) is 2.99. The maximum Gasteiger partial charge on any atom is 0.251 e. The Hall–Kier alpha value is -2.21. The highest BCUT2D eigenvalue weighted by Crippen LogP contribution is 2.14. The topological polar surface area (TPSA) is 67.2 Å². The lowest BCUT2D eigenvalue weighted by Gasteiger charge is -2.11. The number of nitrogens with zero attached hydrogens (tertiary/aromatic N) is 2. The minimum Gasteiger partial charge on any atom is -0.391 e. The Morgan fingerprint density at radius 2 is 2.33 bits per heavy atom. The molecule has 2 rings (SSSR count). The van der Waals surface area contributed by atoms with Gasteiger partial charge in [-0.2, -0.15) is 5.10 Å². The Kier molecular flexibility index (Phi) is 5.05. The summed E-state index contributed by atoms with van der Waals surface area (Å²) in [5.41, 5.74) is 0.495. The van der Waals surface area contributed by atoms with Crippen molar-refractivity contribution in [1.29, 1.82) is 0 Å². The SMILES string of the molecule is CCCC(O)CNC(=O)c1ccc(-n2cccn2)c(F)c1. The molecule has 0 radical (unpaired) electrons. The third-order valence-corrected chi connectivity index (χ3v) is 3.08. The first-order valence-electron chi connectivity index (χ1n) is 6.87. The molecule has 0 aliphatic heterocycles. The lowest BCUT2D eigenvalue weighted by molar-refractivity contribution is 0.0909. The van der Waals surface area contributed by atoms with E-state index in [1.165, 1.54) is 22.9 Å². The molecule has 1 aromatic heterocycles. The predicted molar refractivity (Wildman–Crippen MR) is 76.8 cm³/mol. The molecule has 6 heteroatoms. The normalized spacial score (nSPS) is 12.1. The molecule has 2 N–H and O–H groups in total. The molecule has 1 aromatic carbocycles. The summed E-state index contributed by atoms with van der Waals surface area (Å²) in [7, 11) is 0. The second-order valence-corrected chi connectivity index (χ2v) is 4.77. The molecule has 0 saturated carbocycles. The Morgan fingerprint density at radius 3 is 2.95 bits per heavy atom.